The van der Waals surface area contributed by atoms with Crippen molar-refractivity contribution < 1.29 is 4.79 Å². The van der Waals surface area contributed by atoms with Gasteiger partial charge in [-0.1, -0.05) is 46.9 Å². The third kappa shape index (κ3) is 4.52. The fourth-order valence-electron chi connectivity index (χ4n) is 2.74. The van der Waals surface area contributed by atoms with E-state index >= 15 is 0 Å². The van der Waals surface area contributed by atoms with Gasteiger partial charge in [0.15, 0.2) is 4.34 Å². The van der Waals surface area contributed by atoms with E-state index in [2.05, 4.69) is 20.5 Å². The minimum absolute atomic E-state index is 0.113. The molecule has 9 heteroatoms. The van der Waals surface area contributed by atoms with Crippen LogP contribution in [0.1, 0.15) is 27.2 Å². The summed E-state index contributed by atoms with van der Waals surface area (Å²) in [5.41, 5.74) is 3.76. The van der Waals surface area contributed by atoms with Gasteiger partial charge in [-0.25, -0.2) is 4.98 Å². The Labute approximate surface area is 174 Å². The molecule has 0 fully saturated rings. The Morgan fingerprint density at radius 1 is 1.14 bits per heavy atom. The number of nitrogens with zero attached hydrogens (tertiary/aromatic N) is 4. The van der Waals surface area contributed by atoms with Crippen molar-refractivity contribution in [2.45, 2.75) is 23.9 Å². The van der Waals surface area contributed by atoms with Crippen molar-refractivity contribution in [3.8, 4) is 0 Å². The number of carbonyl (C=O) groups is 1. The standard InChI is InChI=1S/C20H17N5O2S2/c1-12-4-3-5-14(8-12)18(27)22-19-23-24-20(29-19)28-11-15-9-17(26)25-10-13(2)6-7-16(25)21-15/h3-10H,11H2,1-2H3,(H,22,23,27). The zero-order valence-electron chi connectivity index (χ0n) is 15.7. The Kier molecular flexibility index (Phi) is 5.41. The Morgan fingerprint density at radius 2 is 2.00 bits per heavy atom. The summed E-state index contributed by atoms with van der Waals surface area (Å²) in [6.45, 7) is 3.87. The van der Waals surface area contributed by atoms with Crippen LogP contribution in [0.25, 0.3) is 5.65 Å². The predicted octanol–water partition coefficient (Wildman–Crippen LogP) is 3.71. The third-order valence-electron chi connectivity index (χ3n) is 4.11. The van der Waals surface area contributed by atoms with E-state index in [4.69, 9.17) is 0 Å². The Bertz CT molecular complexity index is 1270. The largest absolute Gasteiger partial charge is 0.296 e. The smallest absolute Gasteiger partial charge is 0.258 e. The van der Waals surface area contributed by atoms with E-state index < -0.39 is 0 Å². The van der Waals surface area contributed by atoms with Gasteiger partial charge in [0.1, 0.15) is 5.65 Å². The van der Waals surface area contributed by atoms with E-state index in [1.54, 1.807) is 12.3 Å². The third-order valence-corrected chi connectivity index (χ3v) is 6.12. The molecule has 0 saturated heterocycles. The highest BCUT2D eigenvalue weighted by molar-refractivity contribution is 8.00. The second kappa shape index (κ2) is 8.14. The zero-order chi connectivity index (χ0) is 20.4. The molecule has 0 radical (unpaired) electrons. The highest BCUT2D eigenvalue weighted by Crippen LogP contribution is 2.28. The molecular weight excluding hydrogens is 406 g/mol. The minimum atomic E-state index is -0.221. The summed E-state index contributed by atoms with van der Waals surface area (Å²) < 4.78 is 2.23. The van der Waals surface area contributed by atoms with Gasteiger partial charge in [0.25, 0.3) is 11.5 Å². The van der Waals surface area contributed by atoms with Crippen molar-refractivity contribution in [1.29, 1.82) is 0 Å². The number of aromatic nitrogens is 4. The highest BCUT2D eigenvalue weighted by atomic mass is 32.2. The maximum Gasteiger partial charge on any atom is 0.258 e. The molecule has 0 aliphatic rings. The number of pyridine rings is 1. The summed E-state index contributed by atoms with van der Waals surface area (Å²) in [5, 5.41) is 11.3. The molecule has 0 saturated carbocycles. The monoisotopic (exact) mass is 423 g/mol. The number of rotatable bonds is 5. The molecule has 29 heavy (non-hydrogen) atoms. The molecule has 1 aromatic carbocycles. The fourth-order valence-corrected chi connectivity index (χ4v) is 4.38. The average Bonchev–Trinajstić information content (AvgIpc) is 3.14. The lowest BCUT2D eigenvalue weighted by Crippen LogP contribution is -2.15. The lowest BCUT2D eigenvalue weighted by Gasteiger charge is -2.04. The second-order valence-electron chi connectivity index (χ2n) is 6.51. The number of hydrogen-bond donors (Lipinski definition) is 1. The van der Waals surface area contributed by atoms with Crippen molar-refractivity contribution in [1.82, 2.24) is 19.6 Å². The van der Waals surface area contributed by atoms with Crippen LogP contribution in [0.4, 0.5) is 5.13 Å². The van der Waals surface area contributed by atoms with Gasteiger partial charge >= 0.3 is 0 Å². The van der Waals surface area contributed by atoms with E-state index in [0.717, 1.165) is 11.1 Å². The SMILES string of the molecule is Cc1cccc(C(=O)Nc2nnc(SCc3cc(=O)n4cc(C)ccc4n3)s2)c1. The summed E-state index contributed by atoms with van der Waals surface area (Å²) in [6, 6.07) is 12.6. The number of benzene rings is 1. The Morgan fingerprint density at radius 3 is 2.83 bits per heavy atom. The average molecular weight is 424 g/mol. The number of amides is 1. The van der Waals surface area contributed by atoms with E-state index in [1.807, 2.05) is 44.2 Å². The molecule has 0 bridgehead atoms. The molecule has 3 heterocycles. The summed E-state index contributed by atoms with van der Waals surface area (Å²) in [6.07, 6.45) is 1.77. The topological polar surface area (TPSA) is 89.2 Å². The number of thioether (sulfide) groups is 1. The summed E-state index contributed by atoms with van der Waals surface area (Å²) in [7, 11) is 0. The summed E-state index contributed by atoms with van der Waals surface area (Å²) >= 11 is 2.71. The highest BCUT2D eigenvalue weighted by Gasteiger charge is 2.11. The number of nitrogens with one attached hydrogen (secondary N) is 1. The van der Waals surface area contributed by atoms with Crippen LogP contribution in [0.2, 0.25) is 0 Å². The number of anilines is 1. The van der Waals surface area contributed by atoms with Gasteiger partial charge in [-0.3, -0.25) is 19.3 Å². The first-order valence-electron chi connectivity index (χ1n) is 8.81. The van der Waals surface area contributed by atoms with Crippen LogP contribution in [0.15, 0.2) is 57.8 Å². The lowest BCUT2D eigenvalue weighted by atomic mass is 10.1. The molecule has 4 aromatic rings. The molecular formula is C20H17N5O2S2. The summed E-state index contributed by atoms with van der Waals surface area (Å²) in [4.78, 5) is 29.1. The van der Waals surface area contributed by atoms with E-state index in [0.29, 0.717) is 32.1 Å². The van der Waals surface area contributed by atoms with Crippen molar-refractivity contribution in [2.75, 3.05) is 5.32 Å². The van der Waals surface area contributed by atoms with Gasteiger partial charge < -0.3 is 0 Å². The lowest BCUT2D eigenvalue weighted by molar-refractivity contribution is 0.102. The second-order valence-corrected chi connectivity index (χ2v) is 8.71. The van der Waals surface area contributed by atoms with Crippen LogP contribution in [0, 0.1) is 13.8 Å². The fraction of sp³-hybridized carbons (Fsp3) is 0.150. The predicted molar refractivity (Wildman–Crippen MR) is 115 cm³/mol. The van der Waals surface area contributed by atoms with Gasteiger partial charge in [0, 0.05) is 23.6 Å². The van der Waals surface area contributed by atoms with Crippen LogP contribution in [-0.2, 0) is 5.75 Å². The van der Waals surface area contributed by atoms with Gasteiger partial charge in [0.05, 0.1) is 5.69 Å². The molecule has 4 rings (SSSR count). The maximum atomic E-state index is 12.3. The zero-order valence-corrected chi connectivity index (χ0v) is 17.4. The molecule has 0 atom stereocenters. The number of carbonyl (C=O) groups excluding carboxylic acids is 1. The first-order valence-corrected chi connectivity index (χ1v) is 10.6. The Balaban J connectivity index is 1.43. The van der Waals surface area contributed by atoms with Gasteiger partial charge in [-0.05, 0) is 37.6 Å². The van der Waals surface area contributed by atoms with Crippen molar-refractivity contribution in [3.05, 3.63) is 81.4 Å². The molecule has 0 aliphatic heterocycles. The van der Waals surface area contributed by atoms with Crippen LogP contribution in [-0.4, -0.2) is 25.5 Å². The first-order chi connectivity index (χ1) is 14.0. The number of hydrogen-bond acceptors (Lipinski definition) is 7. The van der Waals surface area contributed by atoms with Gasteiger partial charge in [0.2, 0.25) is 5.13 Å². The molecule has 7 nitrogen and oxygen atoms in total. The molecule has 1 amide bonds. The van der Waals surface area contributed by atoms with Crippen molar-refractivity contribution in [3.63, 3.8) is 0 Å². The van der Waals surface area contributed by atoms with Crippen molar-refractivity contribution in [2.24, 2.45) is 0 Å². The molecule has 0 unspecified atom stereocenters. The maximum absolute atomic E-state index is 12.3. The van der Waals surface area contributed by atoms with E-state index in [-0.39, 0.29) is 11.5 Å². The summed E-state index contributed by atoms with van der Waals surface area (Å²) in [5.74, 6) is 0.265. The van der Waals surface area contributed by atoms with E-state index in [9.17, 15) is 9.59 Å². The van der Waals surface area contributed by atoms with Crippen molar-refractivity contribution >= 4 is 39.8 Å². The molecule has 3 aromatic heterocycles. The van der Waals surface area contributed by atoms with E-state index in [1.165, 1.54) is 33.6 Å². The Hall–Kier alpha value is -3.04. The molecule has 1 N–H and O–H groups in total. The van der Waals surface area contributed by atoms with Crippen LogP contribution in [0.5, 0.6) is 0 Å². The molecule has 146 valence electrons. The van der Waals surface area contributed by atoms with Gasteiger partial charge in [-0.15, -0.1) is 10.2 Å². The molecule has 0 spiro atoms. The normalized spacial score (nSPS) is 11.0. The van der Waals surface area contributed by atoms with Crippen LogP contribution in [0.3, 0.4) is 0 Å². The van der Waals surface area contributed by atoms with Crippen LogP contribution >= 0.6 is 23.1 Å². The number of fused-ring (bicyclic) bond motifs is 1. The first kappa shape index (κ1) is 19.3. The quantitative estimate of drug-likeness (QED) is 0.389. The van der Waals surface area contributed by atoms with Crippen LogP contribution < -0.4 is 10.9 Å². The minimum Gasteiger partial charge on any atom is -0.296 e. The van der Waals surface area contributed by atoms with Gasteiger partial charge in [-0.2, -0.15) is 0 Å². The number of aryl methyl sites for hydroxylation is 2. The molecule has 0 aliphatic carbocycles.